The third-order valence-electron chi connectivity index (χ3n) is 5.31. The molecule has 0 radical (unpaired) electrons. The summed E-state index contributed by atoms with van der Waals surface area (Å²) in [5, 5.41) is 14.7. The number of benzene rings is 3. The number of amides is 2. The maximum atomic E-state index is 13.1. The summed E-state index contributed by atoms with van der Waals surface area (Å²) in [6.45, 7) is 1.62. The van der Waals surface area contributed by atoms with Crippen LogP contribution in [0.15, 0.2) is 60.7 Å². The van der Waals surface area contributed by atoms with Crippen molar-refractivity contribution in [1.82, 2.24) is 10.6 Å². The van der Waals surface area contributed by atoms with Gasteiger partial charge in [-0.3, -0.25) is 9.59 Å². The van der Waals surface area contributed by atoms with Crippen molar-refractivity contribution in [3.63, 3.8) is 0 Å². The molecule has 0 spiro atoms. The fourth-order valence-corrected chi connectivity index (χ4v) is 3.70. The Bertz CT molecular complexity index is 1160. The number of aromatic hydroxyl groups is 1. The van der Waals surface area contributed by atoms with Gasteiger partial charge < -0.3 is 20.5 Å². The first-order valence-corrected chi connectivity index (χ1v) is 10.4. The Labute approximate surface area is 185 Å². The van der Waals surface area contributed by atoms with E-state index in [9.17, 15) is 14.0 Å². The smallest absolute Gasteiger partial charge is 0.251 e. The van der Waals surface area contributed by atoms with Crippen LogP contribution in [-0.4, -0.2) is 30.0 Å². The lowest BCUT2D eigenvalue weighted by Gasteiger charge is -2.17. The molecule has 0 saturated carbocycles. The van der Waals surface area contributed by atoms with E-state index in [1.165, 1.54) is 18.2 Å². The first-order chi connectivity index (χ1) is 15.5. The van der Waals surface area contributed by atoms with E-state index in [-0.39, 0.29) is 23.4 Å². The third-order valence-corrected chi connectivity index (χ3v) is 5.31. The molecule has 0 fully saturated rings. The molecule has 0 bridgehead atoms. The number of phenolic OH excluding ortho intramolecular Hbond substituents is 1. The lowest BCUT2D eigenvalue weighted by Crippen LogP contribution is -2.31. The topological polar surface area (TPSA) is 87.7 Å². The largest absolute Gasteiger partial charge is 0.508 e. The molecule has 32 heavy (non-hydrogen) atoms. The van der Waals surface area contributed by atoms with E-state index < -0.39 is 0 Å². The van der Waals surface area contributed by atoms with Crippen molar-refractivity contribution in [2.45, 2.75) is 19.4 Å². The molecular weight excluding hydrogens is 411 g/mol. The highest BCUT2D eigenvalue weighted by Gasteiger charge is 2.17. The van der Waals surface area contributed by atoms with E-state index in [2.05, 4.69) is 10.6 Å². The van der Waals surface area contributed by atoms with E-state index in [1.54, 1.807) is 30.3 Å². The Balaban J connectivity index is 0.000000174. The molecule has 3 aromatic rings. The maximum Gasteiger partial charge on any atom is 0.251 e. The lowest BCUT2D eigenvalue weighted by molar-refractivity contribution is 0.0937. The minimum absolute atomic E-state index is 0.0390. The maximum absolute atomic E-state index is 13.1. The molecule has 2 aliphatic rings. The lowest BCUT2D eigenvalue weighted by atomic mass is 10.0. The number of hydrogen-bond acceptors (Lipinski definition) is 4. The van der Waals surface area contributed by atoms with E-state index in [4.69, 9.17) is 9.84 Å². The molecule has 2 heterocycles. The average Bonchev–Trinajstić information content (AvgIpc) is 2.78. The molecule has 0 atom stereocenters. The molecule has 2 amide bonds. The highest BCUT2D eigenvalue weighted by atomic mass is 19.1. The van der Waals surface area contributed by atoms with Gasteiger partial charge in [-0.25, -0.2) is 4.39 Å². The molecule has 0 aromatic heterocycles. The van der Waals surface area contributed by atoms with Crippen molar-refractivity contribution in [2.24, 2.45) is 0 Å². The Morgan fingerprint density at radius 3 is 2.19 bits per heavy atom. The van der Waals surface area contributed by atoms with Crippen LogP contribution in [0.2, 0.25) is 0 Å². The fourth-order valence-electron chi connectivity index (χ4n) is 3.70. The molecule has 0 unspecified atom stereocenters. The van der Waals surface area contributed by atoms with Gasteiger partial charge in [0.15, 0.2) is 0 Å². The SMILES string of the molecule is O=C1NCCc2cc(O)ccc21.O=C1NCCc2cc(OCc3cccc(F)c3)ccc21. The molecule has 6 nitrogen and oxygen atoms in total. The zero-order valence-electron chi connectivity index (χ0n) is 17.4. The van der Waals surface area contributed by atoms with E-state index in [1.807, 2.05) is 12.1 Å². The molecule has 0 saturated heterocycles. The van der Waals surface area contributed by atoms with E-state index >= 15 is 0 Å². The van der Waals surface area contributed by atoms with Gasteiger partial charge in [-0.15, -0.1) is 0 Å². The number of phenols is 1. The number of ether oxygens (including phenoxy) is 1. The summed E-state index contributed by atoms with van der Waals surface area (Å²) in [4.78, 5) is 22.8. The first kappa shape index (κ1) is 21.4. The van der Waals surface area contributed by atoms with Crippen LogP contribution in [0.4, 0.5) is 4.39 Å². The third kappa shape index (κ3) is 5.06. The monoisotopic (exact) mass is 434 g/mol. The summed E-state index contributed by atoms with van der Waals surface area (Å²) in [5.41, 5.74) is 4.08. The summed E-state index contributed by atoms with van der Waals surface area (Å²) < 4.78 is 18.7. The second kappa shape index (κ2) is 9.51. The highest BCUT2D eigenvalue weighted by Crippen LogP contribution is 2.22. The number of hydrogen-bond donors (Lipinski definition) is 3. The van der Waals surface area contributed by atoms with Crippen LogP contribution in [0, 0.1) is 5.82 Å². The molecular formula is C25H23FN2O4. The summed E-state index contributed by atoms with van der Waals surface area (Å²) in [6.07, 6.45) is 1.60. The molecule has 2 aliphatic heterocycles. The average molecular weight is 434 g/mol. The highest BCUT2D eigenvalue weighted by molar-refractivity contribution is 5.97. The van der Waals surface area contributed by atoms with Gasteiger partial charge >= 0.3 is 0 Å². The van der Waals surface area contributed by atoms with Gasteiger partial charge in [0, 0.05) is 24.2 Å². The van der Waals surface area contributed by atoms with Gasteiger partial charge in [0.1, 0.15) is 23.9 Å². The predicted molar refractivity (Wildman–Crippen MR) is 117 cm³/mol. The van der Waals surface area contributed by atoms with Gasteiger partial charge in [-0.2, -0.15) is 0 Å². The van der Waals surface area contributed by atoms with Crippen molar-refractivity contribution < 1.29 is 23.8 Å². The van der Waals surface area contributed by atoms with E-state index in [0.29, 0.717) is 36.6 Å². The number of rotatable bonds is 3. The number of halogens is 1. The van der Waals surface area contributed by atoms with Crippen LogP contribution < -0.4 is 15.4 Å². The van der Waals surface area contributed by atoms with Gasteiger partial charge in [0.2, 0.25) is 0 Å². The first-order valence-electron chi connectivity index (χ1n) is 10.4. The molecule has 164 valence electrons. The minimum atomic E-state index is -0.270. The molecule has 7 heteroatoms. The zero-order valence-corrected chi connectivity index (χ0v) is 17.4. The van der Waals surface area contributed by atoms with Crippen LogP contribution in [0.1, 0.15) is 37.4 Å². The minimum Gasteiger partial charge on any atom is -0.508 e. The van der Waals surface area contributed by atoms with Crippen LogP contribution in [-0.2, 0) is 19.4 Å². The second-order valence-corrected chi connectivity index (χ2v) is 7.59. The summed E-state index contributed by atoms with van der Waals surface area (Å²) in [5.74, 6) is 0.568. The van der Waals surface area contributed by atoms with Crippen molar-refractivity contribution in [3.8, 4) is 11.5 Å². The number of nitrogens with one attached hydrogen (secondary N) is 2. The Hall–Kier alpha value is -3.87. The summed E-state index contributed by atoms with van der Waals surface area (Å²) in [7, 11) is 0. The van der Waals surface area contributed by atoms with Crippen LogP contribution in [0.3, 0.4) is 0 Å². The van der Waals surface area contributed by atoms with Crippen molar-refractivity contribution in [1.29, 1.82) is 0 Å². The number of carbonyl (C=O) groups excluding carboxylic acids is 2. The Kier molecular flexibility index (Phi) is 6.35. The van der Waals surface area contributed by atoms with E-state index in [0.717, 1.165) is 29.5 Å². The Morgan fingerprint density at radius 1 is 0.844 bits per heavy atom. The van der Waals surface area contributed by atoms with Crippen molar-refractivity contribution in [3.05, 3.63) is 94.3 Å². The van der Waals surface area contributed by atoms with Crippen LogP contribution >= 0.6 is 0 Å². The van der Waals surface area contributed by atoms with Gasteiger partial charge in [0.25, 0.3) is 11.8 Å². The van der Waals surface area contributed by atoms with Gasteiger partial charge in [-0.1, -0.05) is 12.1 Å². The van der Waals surface area contributed by atoms with Gasteiger partial charge in [-0.05, 0) is 78.1 Å². The number of carbonyl (C=O) groups is 2. The van der Waals surface area contributed by atoms with Crippen LogP contribution in [0.25, 0.3) is 0 Å². The van der Waals surface area contributed by atoms with Crippen molar-refractivity contribution in [2.75, 3.05) is 13.1 Å². The summed E-state index contributed by atoms with van der Waals surface area (Å²) in [6, 6.07) is 16.6. The van der Waals surface area contributed by atoms with Crippen molar-refractivity contribution >= 4 is 11.8 Å². The quantitative estimate of drug-likeness (QED) is 0.590. The molecule has 0 aliphatic carbocycles. The predicted octanol–water partition coefficient (Wildman–Crippen LogP) is 3.37. The molecule has 3 N–H and O–H groups in total. The normalized spacial score (nSPS) is 14.2. The zero-order chi connectivity index (χ0) is 22.5. The Morgan fingerprint density at radius 2 is 1.50 bits per heavy atom. The summed E-state index contributed by atoms with van der Waals surface area (Å²) >= 11 is 0. The molecule has 3 aromatic carbocycles. The number of fused-ring (bicyclic) bond motifs is 2. The van der Waals surface area contributed by atoms with Crippen LogP contribution in [0.5, 0.6) is 11.5 Å². The fraction of sp³-hybridized carbons (Fsp3) is 0.200. The standard InChI is InChI=1S/C16H14FNO2.C9H9NO2/c17-13-3-1-2-11(8-13)10-20-14-4-5-15-12(9-14)6-7-18-16(15)19;11-7-1-2-8-6(5-7)3-4-10-9(8)12/h1-5,8-9H,6-7,10H2,(H,18,19);1-2,5,11H,3-4H2,(H,10,12). The van der Waals surface area contributed by atoms with Gasteiger partial charge in [0.05, 0.1) is 0 Å². The second-order valence-electron chi connectivity index (χ2n) is 7.59. The molecule has 5 rings (SSSR count).